The van der Waals surface area contributed by atoms with Crippen LogP contribution < -0.4 is 0 Å². The number of aliphatic hydroxyl groups is 2. The monoisotopic (exact) mass is 366 g/mol. The summed E-state index contributed by atoms with van der Waals surface area (Å²) in [5.41, 5.74) is 0.176. The van der Waals surface area contributed by atoms with E-state index in [1.807, 2.05) is 0 Å². The minimum atomic E-state index is -1.55. The van der Waals surface area contributed by atoms with Gasteiger partial charge in [0.2, 0.25) is 0 Å². The molecule has 0 aromatic carbocycles. The van der Waals surface area contributed by atoms with Crippen molar-refractivity contribution in [2.45, 2.75) is 58.2 Å². The van der Waals surface area contributed by atoms with Gasteiger partial charge in [-0.05, 0) is 52.1 Å². The maximum Gasteiger partial charge on any atom is 0.330 e. The molecule has 0 bridgehead atoms. The topological polar surface area (TPSA) is 96.2 Å². The highest BCUT2D eigenvalue weighted by atomic mass is 28.4. The molecule has 1 unspecified atom stereocenters. The van der Waals surface area contributed by atoms with Crippen LogP contribution >= 0.6 is 0 Å². The van der Waals surface area contributed by atoms with E-state index in [2.05, 4.69) is 39.3 Å². The summed E-state index contributed by atoms with van der Waals surface area (Å²) in [5, 5.41) is 25.6. The van der Waals surface area contributed by atoms with Gasteiger partial charge in [0.05, 0.1) is 13.2 Å². The summed E-state index contributed by atoms with van der Waals surface area (Å²) in [6.07, 6.45) is 0.209. The molecule has 0 spiro atoms. The van der Waals surface area contributed by atoms with Gasteiger partial charge < -0.3 is 24.2 Å². The number of aliphatic carboxylic acids is 1. The highest BCUT2D eigenvalue weighted by Gasteiger charge is 2.28. The predicted octanol–water partition coefficient (Wildman–Crippen LogP) is 2.45. The van der Waals surface area contributed by atoms with Crippen LogP contribution in [0.3, 0.4) is 0 Å². The second-order valence-corrected chi connectivity index (χ2v) is 16.1. The van der Waals surface area contributed by atoms with Crippen LogP contribution in [0.1, 0.15) is 13.3 Å². The quantitative estimate of drug-likeness (QED) is 0.312. The number of hydrogen-bond acceptors (Lipinski definition) is 5. The van der Waals surface area contributed by atoms with E-state index in [4.69, 9.17) is 24.2 Å². The molecule has 8 heteroatoms. The second-order valence-electron chi connectivity index (χ2n) is 7.07. The first-order valence-electron chi connectivity index (χ1n) is 7.76. The molecule has 0 saturated carbocycles. The molecule has 0 aromatic heterocycles. The van der Waals surface area contributed by atoms with Gasteiger partial charge in [-0.3, -0.25) is 0 Å². The lowest BCUT2D eigenvalue weighted by Gasteiger charge is -2.31. The third-order valence-electron chi connectivity index (χ3n) is 2.54. The van der Waals surface area contributed by atoms with Crippen molar-refractivity contribution in [2.75, 3.05) is 19.8 Å². The van der Waals surface area contributed by atoms with Crippen molar-refractivity contribution in [1.29, 1.82) is 0 Å². The van der Waals surface area contributed by atoms with Crippen LogP contribution in [0.25, 0.3) is 0 Å². The molecule has 0 aliphatic carbocycles. The van der Waals surface area contributed by atoms with E-state index in [9.17, 15) is 4.79 Å². The number of carboxylic acid groups (broad SMARTS) is 1. The zero-order valence-electron chi connectivity index (χ0n) is 15.4. The van der Waals surface area contributed by atoms with E-state index in [1.54, 1.807) is 0 Å². The van der Waals surface area contributed by atoms with Crippen LogP contribution in [0.2, 0.25) is 38.8 Å². The number of ether oxygens (including phenoxy) is 1. The first kappa shape index (κ1) is 24.7. The normalized spacial score (nSPS) is 13.0. The molecular formula is C15H34O6Si2. The smallest absolute Gasteiger partial charge is 0.330 e. The Morgan fingerprint density at radius 1 is 1.22 bits per heavy atom. The number of carbonyl (C=O) groups is 1. The molecule has 23 heavy (non-hydrogen) atoms. The summed E-state index contributed by atoms with van der Waals surface area (Å²) in [4.78, 5) is 9.60. The average molecular weight is 367 g/mol. The van der Waals surface area contributed by atoms with Crippen LogP contribution in [-0.2, 0) is 13.6 Å². The lowest BCUT2D eigenvalue weighted by atomic mass is 10.4. The third-order valence-corrected chi connectivity index (χ3v) is 8.75. The second kappa shape index (κ2) is 11.9. The highest BCUT2D eigenvalue weighted by Crippen LogP contribution is 2.19. The highest BCUT2D eigenvalue weighted by molar-refractivity contribution is 6.84. The van der Waals surface area contributed by atoms with E-state index >= 15 is 0 Å². The number of hydrogen-bond donors (Lipinski definition) is 3. The van der Waals surface area contributed by atoms with Crippen LogP contribution in [0.5, 0.6) is 0 Å². The summed E-state index contributed by atoms with van der Waals surface area (Å²) >= 11 is 0. The Bertz CT molecular complexity index is 340. The summed E-state index contributed by atoms with van der Waals surface area (Å²) in [6.45, 7) is 16.3. The third kappa shape index (κ3) is 19.4. The van der Waals surface area contributed by atoms with Gasteiger partial charge in [0.1, 0.15) is 6.10 Å². The molecular weight excluding hydrogens is 332 g/mol. The molecule has 0 aliphatic heterocycles. The Hall–Kier alpha value is -0.516. The minimum Gasteiger partial charge on any atom is -0.478 e. The zero-order valence-corrected chi connectivity index (χ0v) is 17.4. The summed E-state index contributed by atoms with van der Waals surface area (Å²) in [5.74, 6) is -0.935. The predicted molar refractivity (Wildman–Crippen MR) is 97.7 cm³/mol. The maximum absolute atomic E-state index is 9.60. The molecule has 0 aromatic rings. The van der Waals surface area contributed by atoms with Gasteiger partial charge >= 0.3 is 5.97 Å². The van der Waals surface area contributed by atoms with Gasteiger partial charge in [-0.15, -0.1) is 0 Å². The van der Waals surface area contributed by atoms with Gasteiger partial charge in [0.25, 0.3) is 0 Å². The fourth-order valence-corrected chi connectivity index (χ4v) is 9.79. The Morgan fingerprint density at radius 3 is 2.04 bits per heavy atom. The van der Waals surface area contributed by atoms with E-state index in [-0.39, 0.29) is 18.8 Å². The van der Waals surface area contributed by atoms with Crippen molar-refractivity contribution in [3.8, 4) is 0 Å². The van der Waals surface area contributed by atoms with Gasteiger partial charge in [-0.2, -0.15) is 0 Å². The maximum atomic E-state index is 9.60. The Morgan fingerprint density at radius 2 is 1.70 bits per heavy atom. The lowest BCUT2D eigenvalue weighted by Crippen LogP contribution is -2.42. The molecule has 138 valence electrons. The summed E-state index contributed by atoms with van der Waals surface area (Å²) < 4.78 is 11.5. The Labute approximate surface area is 142 Å². The molecule has 0 radical (unpaired) electrons. The van der Waals surface area contributed by atoms with E-state index < -0.39 is 28.7 Å². The molecule has 0 saturated heterocycles. The van der Waals surface area contributed by atoms with Gasteiger partial charge in [-0.1, -0.05) is 6.58 Å². The number of aliphatic hydroxyl groups excluding tert-OH is 2. The van der Waals surface area contributed by atoms with E-state index in [1.165, 1.54) is 6.92 Å². The number of rotatable bonds is 10. The molecule has 1 atom stereocenters. The zero-order chi connectivity index (χ0) is 18.7. The Kier molecular flexibility index (Phi) is 12.8. The molecule has 3 N–H and O–H groups in total. The van der Waals surface area contributed by atoms with Gasteiger partial charge in [-0.25, -0.2) is 4.79 Å². The molecule has 6 nitrogen and oxygen atoms in total. The molecule has 0 rings (SSSR count). The van der Waals surface area contributed by atoms with Crippen LogP contribution in [0.4, 0.5) is 0 Å². The molecule has 0 heterocycles. The van der Waals surface area contributed by atoms with Crippen LogP contribution in [0, 0.1) is 0 Å². The molecule has 0 fully saturated rings. The first-order valence-corrected chi connectivity index (χ1v) is 14.3. The van der Waals surface area contributed by atoms with Crippen LogP contribution in [-0.4, -0.2) is 63.8 Å². The largest absolute Gasteiger partial charge is 0.478 e. The summed E-state index contributed by atoms with van der Waals surface area (Å²) in [6, 6.07) is 1.08. The molecule has 0 amide bonds. The lowest BCUT2D eigenvalue weighted by molar-refractivity contribution is -0.132. The van der Waals surface area contributed by atoms with Crippen molar-refractivity contribution in [3.05, 3.63) is 12.2 Å². The van der Waals surface area contributed by atoms with Crippen molar-refractivity contribution >= 4 is 22.6 Å². The standard InChI is InChI=1S/C11H28O4Si2.C4H6O2/c1-16(2,3)15-17(4,5)8-6-7-14-10-11(13)9-12;1-3(2)4(5)6/h11-13H,6-10H2,1-5H3;1H2,2H3,(H,5,6). The molecule has 0 aliphatic rings. The van der Waals surface area contributed by atoms with Crippen molar-refractivity contribution in [1.82, 2.24) is 0 Å². The van der Waals surface area contributed by atoms with Crippen molar-refractivity contribution < 1.29 is 29.0 Å². The number of carboxylic acids is 1. The minimum absolute atomic E-state index is 0.176. The SMILES string of the molecule is C=C(C)C(=O)O.C[Si](C)(C)O[Si](C)(C)CCCOCC(O)CO. The van der Waals surface area contributed by atoms with Gasteiger partial charge in [0, 0.05) is 12.2 Å². The van der Waals surface area contributed by atoms with E-state index in [0.717, 1.165) is 12.5 Å². The fraction of sp³-hybridized carbons (Fsp3) is 0.800. The van der Waals surface area contributed by atoms with Crippen LogP contribution in [0.15, 0.2) is 12.2 Å². The van der Waals surface area contributed by atoms with Crippen molar-refractivity contribution in [3.63, 3.8) is 0 Å². The first-order chi connectivity index (χ1) is 10.3. The van der Waals surface area contributed by atoms with Crippen molar-refractivity contribution in [2.24, 2.45) is 0 Å². The van der Waals surface area contributed by atoms with Gasteiger partial charge in [0.15, 0.2) is 16.6 Å². The summed E-state index contributed by atoms with van der Waals surface area (Å²) in [7, 11) is -2.99. The Balaban J connectivity index is 0. The fourth-order valence-electron chi connectivity index (χ4n) is 1.75. The average Bonchev–Trinajstić information content (AvgIpc) is 2.35. The van der Waals surface area contributed by atoms with E-state index in [0.29, 0.717) is 6.61 Å².